The minimum absolute atomic E-state index is 0.221. The number of carbonyl (C=O) groups is 1. The van der Waals surface area contributed by atoms with Crippen molar-refractivity contribution >= 4 is 17.7 Å². The highest BCUT2D eigenvalue weighted by Crippen LogP contribution is 2.20. The van der Waals surface area contributed by atoms with Gasteiger partial charge in [-0.15, -0.1) is 11.8 Å². The first-order valence-electron chi connectivity index (χ1n) is 5.43. The molecule has 1 aromatic rings. The third-order valence-corrected chi connectivity index (χ3v) is 3.92. The zero-order chi connectivity index (χ0) is 11.4. The molecular formula is C12H16N2OS. The van der Waals surface area contributed by atoms with Crippen LogP contribution < -0.4 is 5.73 Å². The van der Waals surface area contributed by atoms with E-state index in [2.05, 4.69) is 0 Å². The Hall–Kier alpha value is -1.000. The second-order valence-corrected chi connectivity index (χ2v) is 5.22. The molecule has 0 radical (unpaired) electrons. The number of thioether (sulfide) groups is 1. The summed E-state index contributed by atoms with van der Waals surface area (Å²) in [6, 6.07) is 10.1. The van der Waals surface area contributed by atoms with E-state index in [1.807, 2.05) is 35.2 Å². The molecule has 1 saturated heterocycles. The van der Waals surface area contributed by atoms with Gasteiger partial charge < -0.3 is 10.6 Å². The molecular weight excluding hydrogens is 220 g/mol. The lowest BCUT2D eigenvalue weighted by Crippen LogP contribution is -2.44. The van der Waals surface area contributed by atoms with Crippen LogP contribution in [0, 0.1) is 0 Å². The van der Waals surface area contributed by atoms with Gasteiger partial charge in [0.25, 0.3) is 0 Å². The Morgan fingerprint density at radius 2 is 2.12 bits per heavy atom. The van der Waals surface area contributed by atoms with Crippen LogP contribution in [0.2, 0.25) is 0 Å². The first-order valence-corrected chi connectivity index (χ1v) is 6.48. The highest BCUT2D eigenvalue weighted by molar-refractivity contribution is 8.00. The van der Waals surface area contributed by atoms with Gasteiger partial charge in [0.1, 0.15) is 0 Å². The molecule has 1 unspecified atom stereocenters. The summed E-state index contributed by atoms with van der Waals surface area (Å²) in [5, 5.41) is 0.390. The quantitative estimate of drug-likeness (QED) is 0.854. The molecule has 1 fully saturated rings. The van der Waals surface area contributed by atoms with Gasteiger partial charge in [0.05, 0.1) is 5.75 Å². The van der Waals surface area contributed by atoms with E-state index in [0.29, 0.717) is 24.1 Å². The fourth-order valence-electron chi connectivity index (χ4n) is 1.78. The molecule has 1 amide bonds. The summed E-state index contributed by atoms with van der Waals surface area (Å²) in [6.07, 6.45) is 0. The van der Waals surface area contributed by atoms with Crippen molar-refractivity contribution in [3.63, 3.8) is 0 Å². The molecule has 1 aromatic carbocycles. The largest absolute Gasteiger partial charge is 0.336 e. The SMILES string of the molecule is NCC1CN(Cc2ccccc2)C(=O)CS1. The van der Waals surface area contributed by atoms with Crippen molar-refractivity contribution in [3.8, 4) is 0 Å². The van der Waals surface area contributed by atoms with Crippen molar-refractivity contribution in [2.24, 2.45) is 5.73 Å². The number of hydrogen-bond acceptors (Lipinski definition) is 3. The summed E-state index contributed by atoms with van der Waals surface area (Å²) in [6.45, 7) is 2.12. The lowest BCUT2D eigenvalue weighted by molar-refractivity contribution is -0.129. The zero-order valence-corrected chi connectivity index (χ0v) is 9.95. The Kier molecular flexibility index (Phi) is 3.85. The fourth-order valence-corrected chi connectivity index (χ4v) is 2.76. The van der Waals surface area contributed by atoms with Crippen LogP contribution in [-0.4, -0.2) is 34.9 Å². The summed E-state index contributed by atoms with van der Waals surface area (Å²) < 4.78 is 0. The maximum atomic E-state index is 11.7. The van der Waals surface area contributed by atoms with Crippen molar-refractivity contribution in [1.29, 1.82) is 0 Å². The Morgan fingerprint density at radius 3 is 2.81 bits per heavy atom. The van der Waals surface area contributed by atoms with Gasteiger partial charge in [-0.2, -0.15) is 0 Å². The predicted molar refractivity (Wildman–Crippen MR) is 67.2 cm³/mol. The molecule has 0 aromatic heterocycles. The zero-order valence-electron chi connectivity index (χ0n) is 9.13. The van der Waals surface area contributed by atoms with E-state index in [-0.39, 0.29) is 5.91 Å². The van der Waals surface area contributed by atoms with E-state index in [9.17, 15) is 4.79 Å². The van der Waals surface area contributed by atoms with Crippen molar-refractivity contribution < 1.29 is 4.79 Å². The summed E-state index contributed by atoms with van der Waals surface area (Å²) in [5.74, 6) is 0.785. The van der Waals surface area contributed by atoms with Gasteiger partial charge in [0, 0.05) is 24.9 Å². The topological polar surface area (TPSA) is 46.3 Å². The minimum Gasteiger partial charge on any atom is -0.336 e. The Balaban J connectivity index is 2.00. The normalized spacial score (nSPS) is 21.2. The second kappa shape index (κ2) is 5.37. The van der Waals surface area contributed by atoms with Gasteiger partial charge in [-0.25, -0.2) is 0 Å². The number of nitrogens with zero attached hydrogens (tertiary/aromatic N) is 1. The van der Waals surface area contributed by atoms with Crippen molar-refractivity contribution in [2.75, 3.05) is 18.8 Å². The Bertz CT molecular complexity index is 355. The smallest absolute Gasteiger partial charge is 0.232 e. The molecule has 1 aliphatic rings. The number of rotatable bonds is 3. The number of hydrogen-bond donors (Lipinski definition) is 1. The first kappa shape index (κ1) is 11.5. The molecule has 86 valence electrons. The first-order chi connectivity index (χ1) is 7.79. The Morgan fingerprint density at radius 1 is 1.38 bits per heavy atom. The molecule has 2 N–H and O–H groups in total. The number of nitrogens with two attached hydrogens (primary N) is 1. The highest BCUT2D eigenvalue weighted by Gasteiger charge is 2.24. The summed E-state index contributed by atoms with van der Waals surface area (Å²) >= 11 is 1.67. The molecule has 4 heteroatoms. The number of carbonyl (C=O) groups excluding carboxylic acids is 1. The Labute approximate surface area is 100.0 Å². The van der Waals surface area contributed by atoms with Crippen molar-refractivity contribution in [3.05, 3.63) is 35.9 Å². The molecule has 2 rings (SSSR count). The van der Waals surface area contributed by atoms with E-state index in [1.54, 1.807) is 11.8 Å². The van der Waals surface area contributed by atoms with Gasteiger partial charge in [-0.05, 0) is 5.56 Å². The summed E-state index contributed by atoms with van der Waals surface area (Å²) in [5.41, 5.74) is 6.82. The molecule has 1 heterocycles. The van der Waals surface area contributed by atoms with E-state index in [4.69, 9.17) is 5.73 Å². The standard InChI is InChI=1S/C12H16N2OS/c13-6-11-8-14(12(15)9-16-11)7-10-4-2-1-3-5-10/h1-5,11H,6-9,13H2. The molecule has 1 atom stereocenters. The van der Waals surface area contributed by atoms with Gasteiger partial charge in [0.2, 0.25) is 5.91 Å². The van der Waals surface area contributed by atoms with E-state index >= 15 is 0 Å². The third kappa shape index (κ3) is 2.77. The lowest BCUT2D eigenvalue weighted by atomic mass is 10.2. The van der Waals surface area contributed by atoms with E-state index in [1.165, 1.54) is 5.56 Å². The van der Waals surface area contributed by atoms with Crippen LogP contribution in [0.15, 0.2) is 30.3 Å². The predicted octanol–water partition coefficient (Wildman–Crippen LogP) is 1.09. The molecule has 3 nitrogen and oxygen atoms in total. The minimum atomic E-state index is 0.221. The van der Waals surface area contributed by atoms with Crippen LogP contribution in [0.25, 0.3) is 0 Å². The molecule has 0 saturated carbocycles. The van der Waals surface area contributed by atoms with E-state index in [0.717, 1.165) is 6.54 Å². The van der Waals surface area contributed by atoms with Gasteiger partial charge in [-0.3, -0.25) is 4.79 Å². The monoisotopic (exact) mass is 236 g/mol. The third-order valence-electron chi connectivity index (χ3n) is 2.70. The van der Waals surface area contributed by atoms with Crippen LogP contribution in [0.4, 0.5) is 0 Å². The molecule has 16 heavy (non-hydrogen) atoms. The van der Waals surface area contributed by atoms with Gasteiger partial charge >= 0.3 is 0 Å². The van der Waals surface area contributed by atoms with Crippen molar-refractivity contribution in [2.45, 2.75) is 11.8 Å². The summed E-state index contributed by atoms with van der Waals surface area (Å²) in [4.78, 5) is 13.6. The van der Waals surface area contributed by atoms with Gasteiger partial charge in [0.15, 0.2) is 0 Å². The number of benzene rings is 1. The molecule has 0 bridgehead atoms. The maximum absolute atomic E-state index is 11.7. The van der Waals surface area contributed by atoms with Crippen LogP contribution in [0.5, 0.6) is 0 Å². The average molecular weight is 236 g/mol. The summed E-state index contributed by atoms with van der Waals surface area (Å²) in [7, 11) is 0. The number of amides is 1. The molecule has 0 aliphatic carbocycles. The van der Waals surface area contributed by atoms with Crippen LogP contribution in [0.1, 0.15) is 5.56 Å². The van der Waals surface area contributed by atoms with Crippen LogP contribution in [0.3, 0.4) is 0 Å². The average Bonchev–Trinajstić information content (AvgIpc) is 2.33. The maximum Gasteiger partial charge on any atom is 0.232 e. The second-order valence-electron chi connectivity index (χ2n) is 3.93. The highest BCUT2D eigenvalue weighted by atomic mass is 32.2. The fraction of sp³-hybridized carbons (Fsp3) is 0.417. The van der Waals surface area contributed by atoms with Crippen LogP contribution >= 0.6 is 11.8 Å². The molecule has 1 aliphatic heterocycles. The van der Waals surface area contributed by atoms with E-state index < -0.39 is 0 Å². The van der Waals surface area contributed by atoms with Crippen LogP contribution in [-0.2, 0) is 11.3 Å². The lowest BCUT2D eigenvalue weighted by Gasteiger charge is -2.31. The van der Waals surface area contributed by atoms with Crippen molar-refractivity contribution in [1.82, 2.24) is 4.90 Å². The molecule has 0 spiro atoms. The van der Waals surface area contributed by atoms with Gasteiger partial charge in [-0.1, -0.05) is 30.3 Å².